The summed E-state index contributed by atoms with van der Waals surface area (Å²) in [7, 11) is 2.08. The van der Waals surface area contributed by atoms with Gasteiger partial charge in [-0.05, 0) is 43.9 Å². The second-order valence-electron chi connectivity index (χ2n) is 5.31. The van der Waals surface area contributed by atoms with Gasteiger partial charge in [-0.1, -0.05) is 18.2 Å². The first-order chi connectivity index (χ1) is 8.86. The third-order valence-electron chi connectivity index (χ3n) is 4.12. The van der Waals surface area contributed by atoms with Crippen molar-refractivity contribution in [3.05, 3.63) is 29.8 Å². The van der Waals surface area contributed by atoms with Gasteiger partial charge in [-0.2, -0.15) is 0 Å². The summed E-state index contributed by atoms with van der Waals surface area (Å²) < 4.78 is 5.65. The van der Waals surface area contributed by atoms with Crippen LogP contribution in [0.15, 0.2) is 29.2 Å². The zero-order valence-corrected chi connectivity index (χ0v) is 11.7. The smallest absolute Gasteiger partial charge is 0.0509 e. The largest absolute Gasteiger partial charge is 0.381 e. The summed E-state index contributed by atoms with van der Waals surface area (Å²) in [6.45, 7) is 1.85. The molecule has 98 valence electrons. The van der Waals surface area contributed by atoms with Crippen molar-refractivity contribution in [3.8, 4) is 0 Å². The molecule has 3 rings (SSSR count). The van der Waals surface area contributed by atoms with E-state index in [9.17, 15) is 0 Å². The normalized spacial score (nSPS) is 31.3. The predicted molar refractivity (Wildman–Crippen MR) is 76.2 cm³/mol. The molecule has 1 fully saturated rings. The first-order valence-electron chi connectivity index (χ1n) is 6.86. The number of hydrogen-bond acceptors (Lipinski definition) is 3. The molecule has 1 aromatic rings. The lowest BCUT2D eigenvalue weighted by Crippen LogP contribution is -2.42. The summed E-state index contributed by atoms with van der Waals surface area (Å²) in [6.07, 6.45) is 3.66. The van der Waals surface area contributed by atoms with E-state index < -0.39 is 0 Å². The van der Waals surface area contributed by atoms with Crippen molar-refractivity contribution < 1.29 is 4.74 Å². The van der Waals surface area contributed by atoms with Gasteiger partial charge in [0.1, 0.15) is 0 Å². The SMILES string of the molecule is CNC1CCOCC1CC1Cc2ccccc2S1. The fourth-order valence-electron chi connectivity index (χ4n) is 3.13. The molecule has 3 heteroatoms. The van der Waals surface area contributed by atoms with E-state index in [0.29, 0.717) is 12.0 Å². The molecule has 3 atom stereocenters. The Labute approximate surface area is 113 Å². The first kappa shape index (κ1) is 12.5. The fourth-order valence-corrected chi connectivity index (χ4v) is 4.56. The average molecular weight is 263 g/mol. The maximum absolute atomic E-state index is 5.65. The summed E-state index contributed by atoms with van der Waals surface area (Å²) >= 11 is 2.06. The van der Waals surface area contributed by atoms with Gasteiger partial charge in [-0.3, -0.25) is 0 Å². The minimum absolute atomic E-state index is 0.642. The van der Waals surface area contributed by atoms with Crippen LogP contribution in [0.4, 0.5) is 0 Å². The Morgan fingerprint density at radius 3 is 3.11 bits per heavy atom. The van der Waals surface area contributed by atoms with E-state index in [1.165, 1.54) is 23.3 Å². The van der Waals surface area contributed by atoms with E-state index in [2.05, 4.69) is 48.4 Å². The molecule has 1 aromatic carbocycles. The molecule has 3 unspecified atom stereocenters. The van der Waals surface area contributed by atoms with Crippen LogP contribution in [0.2, 0.25) is 0 Å². The van der Waals surface area contributed by atoms with Gasteiger partial charge < -0.3 is 10.1 Å². The van der Waals surface area contributed by atoms with Gasteiger partial charge in [0.05, 0.1) is 6.61 Å². The van der Waals surface area contributed by atoms with Crippen molar-refractivity contribution in [1.82, 2.24) is 5.32 Å². The molecule has 0 amide bonds. The van der Waals surface area contributed by atoms with E-state index in [0.717, 1.165) is 24.9 Å². The average Bonchev–Trinajstić information content (AvgIpc) is 2.81. The van der Waals surface area contributed by atoms with E-state index in [1.807, 2.05) is 0 Å². The Morgan fingerprint density at radius 2 is 2.28 bits per heavy atom. The molecule has 0 aliphatic carbocycles. The molecule has 1 N–H and O–H groups in total. The molecule has 1 saturated heterocycles. The van der Waals surface area contributed by atoms with Crippen LogP contribution in [0.3, 0.4) is 0 Å². The maximum atomic E-state index is 5.65. The molecule has 2 aliphatic heterocycles. The summed E-state index contributed by atoms with van der Waals surface area (Å²) in [5.74, 6) is 0.676. The van der Waals surface area contributed by atoms with E-state index in [1.54, 1.807) is 0 Å². The van der Waals surface area contributed by atoms with E-state index >= 15 is 0 Å². The first-order valence-corrected chi connectivity index (χ1v) is 7.74. The molecule has 0 saturated carbocycles. The Kier molecular flexibility index (Phi) is 3.92. The van der Waals surface area contributed by atoms with Crippen LogP contribution < -0.4 is 5.32 Å². The standard InChI is InChI=1S/C15H21NOS/c1-16-14-6-7-17-10-12(14)9-13-8-11-4-2-3-5-15(11)18-13/h2-5,12-14,16H,6-10H2,1H3. The Morgan fingerprint density at radius 1 is 1.39 bits per heavy atom. The summed E-state index contributed by atoms with van der Waals surface area (Å²) in [6, 6.07) is 9.47. The highest BCUT2D eigenvalue weighted by molar-refractivity contribution is 8.00. The van der Waals surface area contributed by atoms with Crippen LogP contribution in [-0.4, -0.2) is 31.6 Å². The molecule has 0 aromatic heterocycles. The molecule has 0 bridgehead atoms. The maximum Gasteiger partial charge on any atom is 0.0509 e. The lowest BCUT2D eigenvalue weighted by atomic mass is 9.90. The molecule has 18 heavy (non-hydrogen) atoms. The van der Waals surface area contributed by atoms with Crippen LogP contribution >= 0.6 is 11.8 Å². The highest BCUT2D eigenvalue weighted by Crippen LogP contribution is 2.40. The van der Waals surface area contributed by atoms with Crippen molar-refractivity contribution in [1.29, 1.82) is 0 Å². The van der Waals surface area contributed by atoms with Gasteiger partial charge in [0.2, 0.25) is 0 Å². The predicted octanol–water partition coefficient (Wildman–Crippen LogP) is 2.72. The highest BCUT2D eigenvalue weighted by atomic mass is 32.2. The molecule has 2 nitrogen and oxygen atoms in total. The third kappa shape index (κ3) is 2.58. The van der Waals surface area contributed by atoms with Crippen LogP contribution in [0.5, 0.6) is 0 Å². The van der Waals surface area contributed by atoms with Crippen LogP contribution in [0.25, 0.3) is 0 Å². The number of rotatable bonds is 3. The molecule has 2 heterocycles. The second-order valence-corrected chi connectivity index (χ2v) is 6.65. The van der Waals surface area contributed by atoms with Gasteiger partial charge in [0, 0.05) is 22.8 Å². The van der Waals surface area contributed by atoms with Crippen LogP contribution in [0, 0.1) is 5.92 Å². The Bertz CT molecular complexity index is 384. The molecule has 0 spiro atoms. The summed E-state index contributed by atoms with van der Waals surface area (Å²) in [5, 5.41) is 4.20. The van der Waals surface area contributed by atoms with Crippen LogP contribution in [-0.2, 0) is 11.2 Å². The van der Waals surface area contributed by atoms with Gasteiger partial charge in [-0.15, -0.1) is 11.8 Å². The number of ether oxygens (including phenoxy) is 1. The van der Waals surface area contributed by atoms with E-state index in [4.69, 9.17) is 4.74 Å². The molecular weight excluding hydrogens is 242 g/mol. The van der Waals surface area contributed by atoms with E-state index in [-0.39, 0.29) is 0 Å². The van der Waals surface area contributed by atoms with Crippen molar-refractivity contribution in [2.24, 2.45) is 5.92 Å². The fraction of sp³-hybridized carbons (Fsp3) is 0.600. The molecule has 0 radical (unpaired) electrons. The zero-order chi connectivity index (χ0) is 12.4. The summed E-state index contributed by atoms with van der Waals surface area (Å²) in [4.78, 5) is 1.49. The lowest BCUT2D eigenvalue weighted by Gasteiger charge is -2.32. The molecule has 2 aliphatic rings. The van der Waals surface area contributed by atoms with Crippen molar-refractivity contribution in [2.75, 3.05) is 20.3 Å². The van der Waals surface area contributed by atoms with Crippen molar-refractivity contribution in [3.63, 3.8) is 0 Å². The number of benzene rings is 1. The van der Waals surface area contributed by atoms with Crippen molar-refractivity contribution in [2.45, 2.75) is 35.4 Å². The monoisotopic (exact) mass is 263 g/mol. The molecular formula is C15H21NOS. The topological polar surface area (TPSA) is 21.3 Å². The van der Waals surface area contributed by atoms with Gasteiger partial charge in [-0.25, -0.2) is 0 Å². The zero-order valence-electron chi connectivity index (χ0n) is 10.9. The lowest BCUT2D eigenvalue weighted by molar-refractivity contribution is 0.0307. The number of thioether (sulfide) groups is 1. The van der Waals surface area contributed by atoms with Gasteiger partial charge >= 0.3 is 0 Å². The number of hydrogen-bond donors (Lipinski definition) is 1. The van der Waals surface area contributed by atoms with Crippen LogP contribution in [0.1, 0.15) is 18.4 Å². The highest BCUT2D eigenvalue weighted by Gasteiger charge is 2.30. The van der Waals surface area contributed by atoms with Crippen molar-refractivity contribution >= 4 is 11.8 Å². The van der Waals surface area contributed by atoms with Gasteiger partial charge in [0.15, 0.2) is 0 Å². The third-order valence-corrected chi connectivity index (χ3v) is 5.47. The minimum atomic E-state index is 0.642. The quantitative estimate of drug-likeness (QED) is 0.906. The Hall–Kier alpha value is -0.510. The summed E-state index contributed by atoms with van der Waals surface area (Å²) in [5.41, 5.74) is 1.53. The van der Waals surface area contributed by atoms with Gasteiger partial charge in [0.25, 0.3) is 0 Å². The second kappa shape index (κ2) is 5.64. The number of nitrogens with one attached hydrogen (secondary N) is 1. The minimum Gasteiger partial charge on any atom is -0.381 e. The Balaban J connectivity index is 1.61. The number of fused-ring (bicyclic) bond motifs is 1.